The number of nitrogens with zero attached hydrogens (tertiary/aromatic N) is 3. The molecular formula is C18H21N5O. The molecule has 2 aromatic rings. The summed E-state index contributed by atoms with van der Waals surface area (Å²) in [6, 6.07) is 17.9. The van der Waals surface area contributed by atoms with Crippen LogP contribution in [-0.2, 0) is 6.61 Å². The third kappa shape index (κ3) is 3.84. The normalized spacial score (nSPS) is 16.7. The van der Waals surface area contributed by atoms with E-state index < -0.39 is 0 Å². The van der Waals surface area contributed by atoms with Crippen molar-refractivity contribution in [2.45, 2.75) is 12.8 Å². The van der Waals surface area contributed by atoms with Crippen molar-refractivity contribution in [3.8, 4) is 5.75 Å². The third-order valence-electron chi connectivity index (χ3n) is 3.60. The maximum atomic E-state index is 5.84. The van der Waals surface area contributed by atoms with Crippen molar-refractivity contribution in [2.75, 3.05) is 14.1 Å². The van der Waals surface area contributed by atoms with Gasteiger partial charge in [0.25, 0.3) is 0 Å². The summed E-state index contributed by atoms with van der Waals surface area (Å²) in [5.74, 6) is 1.87. The predicted octanol–water partition coefficient (Wildman–Crippen LogP) is 2.10. The molecule has 1 atom stereocenters. The molecule has 3 rings (SSSR count). The van der Waals surface area contributed by atoms with E-state index in [0.717, 1.165) is 16.9 Å². The summed E-state index contributed by atoms with van der Waals surface area (Å²) in [6.45, 7) is 0.543. The standard InChI is InChI=1S/C18H21N5O/c1-23(2)18-21-16(20-17(19)22-18)14-8-10-15(11-9-14)24-12-13-6-4-3-5-7-13/h3-11,16H,12H2,1-2H3,(H3,19,20,21,22). The van der Waals surface area contributed by atoms with Crippen molar-refractivity contribution in [3.05, 3.63) is 65.7 Å². The maximum absolute atomic E-state index is 5.84. The molecule has 0 fully saturated rings. The van der Waals surface area contributed by atoms with E-state index in [2.05, 4.69) is 15.3 Å². The Hall–Kier alpha value is -3.02. The summed E-state index contributed by atoms with van der Waals surface area (Å²) in [5, 5.41) is 2.94. The highest BCUT2D eigenvalue weighted by Gasteiger charge is 2.17. The summed E-state index contributed by atoms with van der Waals surface area (Å²) < 4.78 is 5.80. The third-order valence-corrected chi connectivity index (χ3v) is 3.60. The topological polar surface area (TPSA) is 75.2 Å². The molecule has 0 radical (unpaired) electrons. The van der Waals surface area contributed by atoms with Crippen LogP contribution >= 0.6 is 0 Å². The van der Waals surface area contributed by atoms with Gasteiger partial charge in [-0.1, -0.05) is 42.5 Å². The lowest BCUT2D eigenvalue weighted by Gasteiger charge is -2.23. The fraction of sp³-hybridized carbons (Fsp3) is 0.222. The van der Waals surface area contributed by atoms with Crippen molar-refractivity contribution < 1.29 is 4.74 Å². The fourth-order valence-electron chi connectivity index (χ4n) is 2.31. The van der Waals surface area contributed by atoms with E-state index in [0.29, 0.717) is 18.5 Å². The highest BCUT2D eigenvalue weighted by molar-refractivity contribution is 5.99. The fourth-order valence-corrected chi connectivity index (χ4v) is 2.31. The van der Waals surface area contributed by atoms with Gasteiger partial charge in [-0.25, -0.2) is 9.98 Å². The van der Waals surface area contributed by atoms with E-state index in [1.54, 1.807) is 0 Å². The van der Waals surface area contributed by atoms with Gasteiger partial charge in [0.2, 0.25) is 5.96 Å². The SMILES string of the molecule is CN(C)C1=NC(c2ccc(OCc3ccccc3)cc2)N=C(N)N1. The number of rotatable bonds is 4. The van der Waals surface area contributed by atoms with E-state index in [1.807, 2.05) is 73.6 Å². The van der Waals surface area contributed by atoms with Gasteiger partial charge in [-0.3, -0.25) is 5.32 Å². The van der Waals surface area contributed by atoms with Gasteiger partial charge in [0, 0.05) is 14.1 Å². The molecule has 0 bridgehead atoms. The Labute approximate surface area is 141 Å². The molecule has 6 heteroatoms. The van der Waals surface area contributed by atoms with Crippen LogP contribution in [0.5, 0.6) is 5.75 Å². The predicted molar refractivity (Wildman–Crippen MR) is 95.8 cm³/mol. The molecule has 1 aliphatic rings. The molecule has 0 aromatic heterocycles. The number of aliphatic imine (C=N–C) groups is 2. The first-order chi connectivity index (χ1) is 11.6. The van der Waals surface area contributed by atoms with Gasteiger partial charge in [0.05, 0.1) is 0 Å². The second-order valence-corrected chi connectivity index (χ2v) is 5.70. The smallest absolute Gasteiger partial charge is 0.202 e. The zero-order chi connectivity index (χ0) is 16.9. The molecule has 0 amide bonds. The van der Waals surface area contributed by atoms with Gasteiger partial charge >= 0.3 is 0 Å². The van der Waals surface area contributed by atoms with E-state index in [-0.39, 0.29) is 6.17 Å². The number of ether oxygens (including phenoxy) is 1. The Morgan fingerprint density at radius 2 is 1.75 bits per heavy atom. The molecule has 124 valence electrons. The first-order valence-electron chi connectivity index (χ1n) is 7.74. The Bertz CT molecular complexity index is 738. The molecular weight excluding hydrogens is 302 g/mol. The van der Waals surface area contributed by atoms with Crippen LogP contribution in [0, 0.1) is 0 Å². The van der Waals surface area contributed by atoms with Gasteiger partial charge < -0.3 is 15.4 Å². The van der Waals surface area contributed by atoms with Gasteiger partial charge in [-0.2, -0.15) is 0 Å². The van der Waals surface area contributed by atoms with E-state index in [1.165, 1.54) is 0 Å². The molecule has 1 aliphatic heterocycles. The van der Waals surface area contributed by atoms with Gasteiger partial charge in [-0.15, -0.1) is 0 Å². The Kier molecular flexibility index (Phi) is 4.65. The molecule has 0 saturated carbocycles. The second kappa shape index (κ2) is 7.04. The number of hydrogen-bond acceptors (Lipinski definition) is 6. The molecule has 24 heavy (non-hydrogen) atoms. The molecule has 1 heterocycles. The molecule has 0 spiro atoms. The van der Waals surface area contributed by atoms with Crippen molar-refractivity contribution in [3.63, 3.8) is 0 Å². The summed E-state index contributed by atoms with van der Waals surface area (Å²) in [4.78, 5) is 10.8. The number of nitrogens with two attached hydrogens (primary N) is 1. The highest BCUT2D eigenvalue weighted by atomic mass is 16.5. The lowest BCUT2D eigenvalue weighted by atomic mass is 10.1. The van der Waals surface area contributed by atoms with Crippen LogP contribution in [0.3, 0.4) is 0 Å². The Morgan fingerprint density at radius 3 is 2.42 bits per heavy atom. The van der Waals surface area contributed by atoms with Crippen molar-refractivity contribution in [2.24, 2.45) is 15.7 Å². The minimum absolute atomic E-state index is 0.341. The number of hydrogen-bond donors (Lipinski definition) is 2. The summed E-state index contributed by atoms with van der Waals surface area (Å²) in [5.41, 5.74) is 7.94. The minimum Gasteiger partial charge on any atom is -0.489 e. The maximum Gasteiger partial charge on any atom is 0.202 e. The van der Waals surface area contributed by atoms with Gasteiger partial charge in [0.15, 0.2) is 12.1 Å². The molecule has 2 aromatic carbocycles. The lowest BCUT2D eigenvalue weighted by molar-refractivity contribution is 0.306. The molecule has 3 N–H and O–H groups in total. The summed E-state index contributed by atoms with van der Waals surface area (Å²) >= 11 is 0. The van der Waals surface area contributed by atoms with Crippen LogP contribution in [0.4, 0.5) is 0 Å². The van der Waals surface area contributed by atoms with Crippen molar-refractivity contribution in [1.29, 1.82) is 0 Å². The van der Waals surface area contributed by atoms with Crippen molar-refractivity contribution in [1.82, 2.24) is 10.2 Å². The van der Waals surface area contributed by atoms with Crippen molar-refractivity contribution >= 4 is 11.9 Å². The van der Waals surface area contributed by atoms with E-state index in [4.69, 9.17) is 10.5 Å². The van der Waals surface area contributed by atoms with E-state index >= 15 is 0 Å². The average molecular weight is 323 g/mol. The first-order valence-corrected chi connectivity index (χ1v) is 7.74. The Morgan fingerprint density at radius 1 is 1.04 bits per heavy atom. The van der Waals surface area contributed by atoms with E-state index in [9.17, 15) is 0 Å². The monoisotopic (exact) mass is 323 g/mol. The molecule has 0 aliphatic carbocycles. The molecule has 0 saturated heterocycles. The minimum atomic E-state index is -0.341. The number of benzene rings is 2. The number of guanidine groups is 2. The molecule has 6 nitrogen and oxygen atoms in total. The number of nitrogens with one attached hydrogen (secondary N) is 1. The van der Waals surface area contributed by atoms with Crippen LogP contribution in [0.15, 0.2) is 64.6 Å². The average Bonchev–Trinajstić information content (AvgIpc) is 2.61. The second-order valence-electron chi connectivity index (χ2n) is 5.70. The summed E-state index contributed by atoms with van der Waals surface area (Å²) in [7, 11) is 3.81. The van der Waals surface area contributed by atoms with Crippen LogP contribution < -0.4 is 15.8 Å². The summed E-state index contributed by atoms with van der Waals surface area (Å²) in [6.07, 6.45) is -0.341. The van der Waals surface area contributed by atoms with Crippen LogP contribution in [-0.4, -0.2) is 30.9 Å². The molecule has 1 unspecified atom stereocenters. The zero-order valence-electron chi connectivity index (χ0n) is 13.8. The quantitative estimate of drug-likeness (QED) is 0.903. The largest absolute Gasteiger partial charge is 0.489 e. The van der Waals surface area contributed by atoms with Crippen LogP contribution in [0.2, 0.25) is 0 Å². The highest BCUT2D eigenvalue weighted by Crippen LogP contribution is 2.24. The van der Waals surface area contributed by atoms with Crippen LogP contribution in [0.25, 0.3) is 0 Å². The zero-order valence-corrected chi connectivity index (χ0v) is 13.8. The van der Waals surface area contributed by atoms with Crippen LogP contribution in [0.1, 0.15) is 17.3 Å². The lowest BCUT2D eigenvalue weighted by Crippen LogP contribution is -2.46. The Balaban J connectivity index is 1.69. The van der Waals surface area contributed by atoms with Gasteiger partial charge in [0.1, 0.15) is 12.4 Å². The first kappa shape index (κ1) is 15.9. The van der Waals surface area contributed by atoms with Gasteiger partial charge in [-0.05, 0) is 23.3 Å².